The van der Waals surface area contributed by atoms with E-state index in [2.05, 4.69) is 10.1 Å². The van der Waals surface area contributed by atoms with Crippen LogP contribution in [0.5, 0.6) is 17.2 Å². The van der Waals surface area contributed by atoms with Crippen molar-refractivity contribution >= 4 is 17.5 Å². The maximum Gasteiger partial charge on any atom is 0.263 e. The van der Waals surface area contributed by atoms with Gasteiger partial charge in [-0.25, -0.2) is 0 Å². The Balaban J connectivity index is 1.66. The van der Waals surface area contributed by atoms with Crippen LogP contribution in [0.1, 0.15) is 12.8 Å². The lowest BCUT2D eigenvalue weighted by Crippen LogP contribution is -2.37. The van der Waals surface area contributed by atoms with E-state index in [1.54, 1.807) is 70.7 Å². The van der Waals surface area contributed by atoms with Crippen molar-refractivity contribution in [2.24, 2.45) is 0 Å². The summed E-state index contributed by atoms with van der Waals surface area (Å²) in [7, 11) is 4.76. The number of halogens is 1. The summed E-state index contributed by atoms with van der Waals surface area (Å²) in [6.45, 7) is 1.81. The molecule has 0 radical (unpaired) electrons. The summed E-state index contributed by atoms with van der Waals surface area (Å²) in [5.74, 6) is 2.18. The summed E-state index contributed by atoms with van der Waals surface area (Å²) in [6, 6.07) is 12.1. The minimum atomic E-state index is -0.694. The zero-order valence-electron chi connectivity index (χ0n) is 17.1. The summed E-state index contributed by atoms with van der Waals surface area (Å²) in [4.78, 5) is 18.5. The SMILES string of the molecule is COc1ccc(-c2noc(CN(C)C(=O)[C@@H](C)Oc3ccc(Cl)cc3)n2)c(OC)c1. The second-order valence-corrected chi connectivity index (χ2v) is 6.92. The summed E-state index contributed by atoms with van der Waals surface area (Å²) >= 11 is 5.86. The summed E-state index contributed by atoms with van der Waals surface area (Å²) < 4.78 is 21.6. The number of nitrogens with zero attached hydrogens (tertiary/aromatic N) is 3. The highest BCUT2D eigenvalue weighted by molar-refractivity contribution is 6.30. The summed E-state index contributed by atoms with van der Waals surface area (Å²) in [6.07, 6.45) is -0.694. The third kappa shape index (κ3) is 5.01. The molecule has 3 aromatic rings. The number of carbonyl (C=O) groups is 1. The molecule has 0 bridgehead atoms. The number of ether oxygens (including phenoxy) is 3. The van der Waals surface area contributed by atoms with E-state index in [0.29, 0.717) is 33.7 Å². The van der Waals surface area contributed by atoms with Crippen LogP contribution in [0.15, 0.2) is 47.0 Å². The average molecular weight is 432 g/mol. The van der Waals surface area contributed by atoms with Crippen LogP contribution in [0.3, 0.4) is 0 Å². The fourth-order valence-corrected chi connectivity index (χ4v) is 2.90. The Morgan fingerprint density at radius 1 is 1.13 bits per heavy atom. The Morgan fingerprint density at radius 2 is 1.83 bits per heavy atom. The predicted octanol–water partition coefficient (Wildman–Crippen LogP) is 3.83. The number of methoxy groups -OCH3 is 2. The molecule has 0 aliphatic rings. The van der Waals surface area contributed by atoms with Crippen LogP contribution in [0.4, 0.5) is 0 Å². The number of aromatic nitrogens is 2. The molecule has 0 aliphatic heterocycles. The smallest absolute Gasteiger partial charge is 0.263 e. The number of likely N-dealkylation sites (N-methyl/N-ethyl adjacent to an activating group) is 1. The first kappa shape index (κ1) is 21.4. The van der Waals surface area contributed by atoms with Crippen molar-refractivity contribution in [1.29, 1.82) is 0 Å². The van der Waals surface area contributed by atoms with E-state index in [-0.39, 0.29) is 18.3 Å². The molecule has 30 heavy (non-hydrogen) atoms. The molecule has 1 heterocycles. The minimum absolute atomic E-state index is 0.138. The van der Waals surface area contributed by atoms with E-state index < -0.39 is 6.10 Å². The summed E-state index contributed by atoms with van der Waals surface area (Å²) in [5, 5.41) is 4.59. The van der Waals surface area contributed by atoms with Gasteiger partial charge in [0.2, 0.25) is 11.7 Å². The zero-order chi connectivity index (χ0) is 21.7. The lowest BCUT2D eigenvalue weighted by molar-refractivity contribution is -0.137. The van der Waals surface area contributed by atoms with Crippen LogP contribution in [0, 0.1) is 0 Å². The van der Waals surface area contributed by atoms with Crippen molar-refractivity contribution in [3.63, 3.8) is 0 Å². The second kappa shape index (κ2) is 9.49. The maximum atomic E-state index is 12.6. The molecule has 0 fully saturated rings. The normalized spacial score (nSPS) is 11.6. The first-order chi connectivity index (χ1) is 14.4. The van der Waals surface area contributed by atoms with E-state index in [4.69, 9.17) is 30.3 Å². The number of hydrogen-bond acceptors (Lipinski definition) is 7. The molecule has 0 unspecified atom stereocenters. The average Bonchev–Trinajstić information content (AvgIpc) is 3.22. The molecule has 0 saturated carbocycles. The second-order valence-electron chi connectivity index (χ2n) is 6.49. The molecule has 0 spiro atoms. The quantitative estimate of drug-likeness (QED) is 0.535. The van der Waals surface area contributed by atoms with Gasteiger partial charge < -0.3 is 23.6 Å². The summed E-state index contributed by atoms with van der Waals surface area (Å²) in [5.41, 5.74) is 0.654. The van der Waals surface area contributed by atoms with E-state index in [1.807, 2.05) is 0 Å². The van der Waals surface area contributed by atoms with Crippen molar-refractivity contribution in [2.75, 3.05) is 21.3 Å². The van der Waals surface area contributed by atoms with Crippen molar-refractivity contribution in [3.8, 4) is 28.6 Å². The Bertz CT molecular complexity index is 1010. The molecule has 0 N–H and O–H groups in total. The van der Waals surface area contributed by atoms with Crippen LogP contribution in [-0.4, -0.2) is 48.3 Å². The Kier molecular flexibility index (Phi) is 6.79. The van der Waals surface area contributed by atoms with Crippen molar-refractivity contribution in [1.82, 2.24) is 15.0 Å². The van der Waals surface area contributed by atoms with Crippen LogP contribution in [-0.2, 0) is 11.3 Å². The molecular formula is C21H22ClN3O5. The standard InChI is InChI=1S/C21H22ClN3O5/c1-13(29-15-7-5-14(22)6-8-15)21(26)25(2)12-19-23-20(24-30-19)17-10-9-16(27-3)11-18(17)28-4/h5-11,13H,12H2,1-4H3/t13-/m1/s1. The number of rotatable bonds is 8. The van der Waals surface area contributed by atoms with Gasteiger partial charge in [-0.15, -0.1) is 0 Å². The molecule has 8 nitrogen and oxygen atoms in total. The van der Waals surface area contributed by atoms with Gasteiger partial charge >= 0.3 is 0 Å². The van der Waals surface area contributed by atoms with Crippen LogP contribution >= 0.6 is 11.6 Å². The van der Waals surface area contributed by atoms with Gasteiger partial charge in [0.1, 0.15) is 17.2 Å². The van der Waals surface area contributed by atoms with Gasteiger partial charge in [0.15, 0.2) is 6.10 Å². The van der Waals surface area contributed by atoms with Crippen LogP contribution in [0.2, 0.25) is 5.02 Å². The topological polar surface area (TPSA) is 86.9 Å². The van der Waals surface area contributed by atoms with E-state index in [9.17, 15) is 4.79 Å². The zero-order valence-corrected chi connectivity index (χ0v) is 17.8. The van der Waals surface area contributed by atoms with Gasteiger partial charge in [-0.05, 0) is 43.3 Å². The molecule has 2 aromatic carbocycles. The van der Waals surface area contributed by atoms with Crippen LogP contribution in [0.25, 0.3) is 11.4 Å². The van der Waals surface area contributed by atoms with E-state index in [1.165, 1.54) is 4.90 Å². The molecule has 1 atom stereocenters. The molecule has 158 valence electrons. The third-order valence-electron chi connectivity index (χ3n) is 4.34. The van der Waals surface area contributed by atoms with Gasteiger partial charge in [-0.2, -0.15) is 4.98 Å². The molecule has 1 aromatic heterocycles. The van der Waals surface area contributed by atoms with Crippen molar-refractivity contribution < 1.29 is 23.5 Å². The highest BCUT2D eigenvalue weighted by Crippen LogP contribution is 2.31. The number of amides is 1. The van der Waals surface area contributed by atoms with Gasteiger partial charge in [0, 0.05) is 18.1 Å². The third-order valence-corrected chi connectivity index (χ3v) is 4.59. The van der Waals surface area contributed by atoms with Crippen LogP contribution < -0.4 is 14.2 Å². The maximum absolute atomic E-state index is 12.6. The van der Waals surface area contributed by atoms with Crippen molar-refractivity contribution in [3.05, 3.63) is 53.4 Å². The van der Waals surface area contributed by atoms with Gasteiger partial charge in [-0.1, -0.05) is 16.8 Å². The molecule has 3 rings (SSSR count). The molecule has 0 aliphatic carbocycles. The minimum Gasteiger partial charge on any atom is -0.497 e. The Hall–Kier alpha value is -3.26. The molecule has 9 heteroatoms. The van der Waals surface area contributed by atoms with E-state index in [0.717, 1.165) is 0 Å². The monoisotopic (exact) mass is 431 g/mol. The number of hydrogen-bond donors (Lipinski definition) is 0. The Morgan fingerprint density at radius 3 is 2.50 bits per heavy atom. The number of carbonyl (C=O) groups excluding carboxylic acids is 1. The molecule has 0 saturated heterocycles. The van der Waals surface area contributed by atoms with E-state index >= 15 is 0 Å². The number of benzene rings is 2. The van der Waals surface area contributed by atoms with Gasteiger partial charge in [0.25, 0.3) is 5.91 Å². The van der Waals surface area contributed by atoms with Gasteiger partial charge in [-0.3, -0.25) is 4.79 Å². The Labute approximate surface area is 179 Å². The highest BCUT2D eigenvalue weighted by Gasteiger charge is 2.22. The fraction of sp³-hybridized carbons (Fsp3) is 0.286. The highest BCUT2D eigenvalue weighted by atomic mass is 35.5. The fourth-order valence-electron chi connectivity index (χ4n) is 2.77. The molecular weight excluding hydrogens is 410 g/mol. The first-order valence-electron chi connectivity index (χ1n) is 9.13. The first-order valence-corrected chi connectivity index (χ1v) is 9.51. The lowest BCUT2D eigenvalue weighted by Gasteiger charge is -2.20. The molecule has 1 amide bonds. The largest absolute Gasteiger partial charge is 0.497 e. The van der Waals surface area contributed by atoms with Crippen molar-refractivity contribution in [2.45, 2.75) is 19.6 Å². The lowest BCUT2D eigenvalue weighted by atomic mass is 10.2. The predicted molar refractivity (Wildman–Crippen MR) is 111 cm³/mol. The van der Waals surface area contributed by atoms with Gasteiger partial charge in [0.05, 0.1) is 26.3 Å².